The van der Waals surface area contributed by atoms with Gasteiger partial charge >= 0.3 is 5.97 Å². The van der Waals surface area contributed by atoms with Gasteiger partial charge in [0.15, 0.2) is 0 Å². The van der Waals surface area contributed by atoms with E-state index in [0.717, 1.165) is 11.3 Å². The molecule has 0 saturated carbocycles. The lowest BCUT2D eigenvalue weighted by molar-refractivity contribution is -0.175. The van der Waals surface area contributed by atoms with Crippen molar-refractivity contribution < 1.29 is 28.8 Å². The van der Waals surface area contributed by atoms with Gasteiger partial charge in [0.1, 0.15) is 12.4 Å². The third kappa shape index (κ3) is 5.58. The molecule has 0 radical (unpaired) electrons. The number of hydrogen-bond donors (Lipinski definition) is 1. The number of methoxy groups -OCH3 is 1. The van der Waals surface area contributed by atoms with E-state index < -0.39 is 12.3 Å². The zero-order valence-corrected chi connectivity index (χ0v) is 15.9. The van der Waals surface area contributed by atoms with E-state index in [1.54, 1.807) is 13.2 Å². The quantitative estimate of drug-likeness (QED) is 0.499. The summed E-state index contributed by atoms with van der Waals surface area (Å²) in [6, 6.07) is 7.69. The van der Waals surface area contributed by atoms with Crippen LogP contribution >= 0.6 is 0 Å². The molecule has 1 aliphatic heterocycles. The van der Waals surface area contributed by atoms with Crippen LogP contribution in [-0.4, -0.2) is 44.3 Å². The number of benzene rings is 1. The molecule has 1 N–H and O–H groups in total. The molecular formula is C21H28O6. The summed E-state index contributed by atoms with van der Waals surface area (Å²) >= 11 is 0. The number of rotatable bonds is 10. The molecule has 0 saturated heterocycles. The monoisotopic (exact) mass is 376 g/mol. The molecule has 1 aromatic rings. The number of carbonyl (C=O) groups excluding carboxylic acids is 1. The van der Waals surface area contributed by atoms with Crippen molar-refractivity contribution in [3.8, 4) is 5.75 Å². The molecule has 0 aliphatic carbocycles. The average Bonchev–Trinajstić information content (AvgIpc) is 2.70. The third-order valence-electron chi connectivity index (χ3n) is 4.45. The summed E-state index contributed by atoms with van der Waals surface area (Å²) in [5.41, 5.74) is 1.01. The normalized spacial score (nSPS) is 21.7. The fraction of sp³-hybridized carbons (Fsp3) is 0.476. The van der Waals surface area contributed by atoms with Gasteiger partial charge in [0.2, 0.25) is 12.0 Å². The first-order valence-electron chi connectivity index (χ1n) is 9.17. The predicted molar refractivity (Wildman–Crippen MR) is 101 cm³/mol. The number of carbonyl (C=O) groups is 1. The summed E-state index contributed by atoms with van der Waals surface area (Å²) in [7, 11) is 1.62. The highest BCUT2D eigenvalue weighted by atomic mass is 16.7. The highest BCUT2D eigenvalue weighted by Gasteiger charge is 2.38. The van der Waals surface area contributed by atoms with Crippen molar-refractivity contribution >= 4 is 5.97 Å². The predicted octanol–water partition coefficient (Wildman–Crippen LogP) is 3.17. The van der Waals surface area contributed by atoms with Crippen molar-refractivity contribution in [1.82, 2.24) is 0 Å². The molecule has 0 bridgehead atoms. The van der Waals surface area contributed by atoms with Crippen molar-refractivity contribution in [2.45, 2.75) is 32.0 Å². The zero-order valence-electron chi connectivity index (χ0n) is 15.9. The third-order valence-corrected chi connectivity index (χ3v) is 4.45. The van der Waals surface area contributed by atoms with E-state index >= 15 is 0 Å². The maximum absolute atomic E-state index is 12.3. The van der Waals surface area contributed by atoms with Crippen molar-refractivity contribution in [3.63, 3.8) is 0 Å². The summed E-state index contributed by atoms with van der Waals surface area (Å²) in [5.74, 6) is 0.198. The van der Waals surface area contributed by atoms with Gasteiger partial charge in [0, 0.05) is 25.0 Å². The Morgan fingerprint density at radius 1 is 1.33 bits per heavy atom. The Morgan fingerprint density at radius 2 is 2.07 bits per heavy atom. The highest BCUT2D eigenvalue weighted by molar-refractivity contribution is 5.86. The molecule has 0 unspecified atom stereocenters. The minimum atomic E-state index is -0.593. The molecule has 2 rings (SSSR count). The number of aliphatic hydroxyl groups is 1. The van der Waals surface area contributed by atoms with E-state index in [1.165, 1.54) is 6.08 Å². The molecule has 0 fully saturated rings. The van der Waals surface area contributed by atoms with Crippen molar-refractivity contribution in [2.75, 3.05) is 26.9 Å². The van der Waals surface area contributed by atoms with Gasteiger partial charge in [-0.3, -0.25) is 0 Å². The van der Waals surface area contributed by atoms with Crippen LogP contribution in [0.2, 0.25) is 0 Å². The highest BCUT2D eigenvalue weighted by Crippen LogP contribution is 2.40. The van der Waals surface area contributed by atoms with Crippen molar-refractivity contribution in [3.05, 3.63) is 54.3 Å². The van der Waals surface area contributed by atoms with Crippen LogP contribution in [0.1, 0.15) is 31.2 Å². The molecular weight excluding hydrogens is 348 g/mol. The van der Waals surface area contributed by atoms with Crippen LogP contribution in [0.25, 0.3) is 0 Å². The molecule has 27 heavy (non-hydrogen) atoms. The Morgan fingerprint density at radius 3 is 2.67 bits per heavy atom. The SMILES string of the molecule is C=CCOC(=O)C1=C[C@@H](c2ccc(OC)cc2)[C@H](CCCO)[C@@H](OCC)O1. The number of ether oxygens (including phenoxy) is 4. The van der Waals surface area contributed by atoms with Gasteiger partial charge in [-0.15, -0.1) is 0 Å². The van der Waals surface area contributed by atoms with Gasteiger partial charge in [0.05, 0.1) is 7.11 Å². The van der Waals surface area contributed by atoms with E-state index in [-0.39, 0.29) is 30.8 Å². The fourth-order valence-electron chi connectivity index (χ4n) is 3.16. The Bertz CT molecular complexity index is 637. The largest absolute Gasteiger partial charge is 0.497 e. The molecule has 1 aromatic carbocycles. The number of aliphatic hydroxyl groups excluding tert-OH is 1. The second-order valence-corrected chi connectivity index (χ2v) is 6.19. The van der Waals surface area contributed by atoms with Gasteiger partial charge < -0.3 is 24.1 Å². The molecule has 1 aliphatic rings. The molecule has 6 heteroatoms. The van der Waals surface area contributed by atoms with Crippen LogP contribution in [0.5, 0.6) is 5.75 Å². The number of hydrogen-bond acceptors (Lipinski definition) is 6. The van der Waals surface area contributed by atoms with Crippen LogP contribution in [0.15, 0.2) is 48.8 Å². The van der Waals surface area contributed by atoms with E-state index in [9.17, 15) is 9.90 Å². The Labute approximate surface area is 160 Å². The molecule has 0 aromatic heterocycles. The Hall–Kier alpha value is -2.31. The summed E-state index contributed by atoms with van der Waals surface area (Å²) in [4.78, 5) is 12.3. The standard InChI is InChI=1S/C21H28O6/c1-4-13-26-20(23)19-14-18(15-8-10-16(24-3)11-9-15)17(7-6-12-22)21(27-19)25-5-2/h4,8-11,14,17-18,21-22H,1,5-7,12-13H2,2-3H3/t17-,18-,21-/m0/s1. The van der Waals surface area contributed by atoms with Gasteiger partial charge in [-0.25, -0.2) is 4.79 Å². The summed E-state index contributed by atoms with van der Waals surface area (Å²) in [6.07, 6.45) is 4.01. The van der Waals surface area contributed by atoms with Crippen LogP contribution < -0.4 is 4.74 Å². The second-order valence-electron chi connectivity index (χ2n) is 6.19. The van der Waals surface area contributed by atoms with Crippen LogP contribution in [-0.2, 0) is 19.0 Å². The van der Waals surface area contributed by atoms with Gasteiger partial charge in [-0.1, -0.05) is 24.8 Å². The van der Waals surface area contributed by atoms with Crippen molar-refractivity contribution in [2.24, 2.45) is 5.92 Å². The van der Waals surface area contributed by atoms with Crippen LogP contribution in [0, 0.1) is 5.92 Å². The topological polar surface area (TPSA) is 74.2 Å². The Kier molecular flexibility index (Phi) is 8.36. The molecule has 0 amide bonds. The van der Waals surface area contributed by atoms with Gasteiger partial charge in [-0.05, 0) is 43.5 Å². The molecule has 6 nitrogen and oxygen atoms in total. The minimum absolute atomic E-state index is 0.0403. The number of allylic oxidation sites excluding steroid dienone is 1. The lowest BCUT2D eigenvalue weighted by Crippen LogP contribution is -2.36. The first kappa shape index (κ1) is 21.0. The summed E-state index contributed by atoms with van der Waals surface area (Å²) in [5, 5.41) is 9.28. The maximum Gasteiger partial charge on any atom is 0.373 e. The minimum Gasteiger partial charge on any atom is -0.497 e. The summed E-state index contributed by atoms with van der Waals surface area (Å²) < 4.78 is 22.0. The van der Waals surface area contributed by atoms with Gasteiger partial charge in [-0.2, -0.15) is 0 Å². The molecule has 0 spiro atoms. The van der Waals surface area contributed by atoms with E-state index in [1.807, 2.05) is 31.2 Å². The van der Waals surface area contributed by atoms with Crippen molar-refractivity contribution in [1.29, 1.82) is 0 Å². The first-order valence-corrected chi connectivity index (χ1v) is 9.17. The summed E-state index contributed by atoms with van der Waals surface area (Å²) in [6.45, 7) is 6.07. The average molecular weight is 376 g/mol. The molecule has 148 valence electrons. The molecule has 3 atom stereocenters. The van der Waals surface area contributed by atoms with Crippen LogP contribution in [0.3, 0.4) is 0 Å². The van der Waals surface area contributed by atoms with E-state index in [0.29, 0.717) is 19.4 Å². The maximum atomic E-state index is 12.3. The zero-order chi connectivity index (χ0) is 19.6. The smallest absolute Gasteiger partial charge is 0.373 e. The molecule has 1 heterocycles. The fourth-order valence-corrected chi connectivity index (χ4v) is 3.16. The Balaban J connectivity index is 2.37. The van der Waals surface area contributed by atoms with E-state index in [2.05, 4.69) is 6.58 Å². The lowest BCUT2D eigenvalue weighted by atomic mass is 9.80. The van der Waals surface area contributed by atoms with E-state index in [4.69, 9.17) is 18.9 Å². The van der Waals surface area contributed by atoms with Crippen LogP contribution in [0.4, 0.5) is 0 Å². The van der Waals surface area contributed by atoms with Gasteiger partial charge in [0.25, 0.3) is 0 Å². The lowest BCUT2D eigenvalue weighted by Gasteiger charge is -2.36. The first-order chi connectivity index (χ1) is 13.1. The second kappa shape index (κ2) is 10.7. The number of esters is 1.